The molecule has 128 valence electrons. The molecule has 1 heterocycles. The SMILES string of the molecule is COc1ccc(C(=O)Nc2ccc(Nc3ccc(C#N)cc3)cn2)cc1. The molecule has 26 heavy (non-hydrogen) atoms. The highest BCUT2D eigenvalue weighted by molar-refractivity contribution is 6.03. The molecule has 0 spiro atoms. The number of nitrogens with one attached hydrogen (secondary N) is 2. The number of pyridine rings is 1. The molecule has 3 aromatic rings. The third-order valence-corrected chi connectivity index (χ3v) is 3.66. The average Bonchev–Trinajstić information content (AvgIpc) is 2.70. The lowest BCUT2D eigenvalue weighted by molar-refractivity contribution is 0.102. The van der Waals surface area contributed by atoms with Crippen molar-refractivity contribution in [2.75, 3.05) is 17.7 Å². The average molecular weight is 344 g/mol. The number of hydrogen-bond acceptors (Lipinski definition) is 5. The first-order valence-corrected chi connectivity index (χ1v) is 7.86. The molecule has 0 saturated carbocycles. The van der Waals surface area contributed by atoms with Gasteiger partial charge in [-0.1, -0.05) is 0 Å². The van der Waals surface area contributed by atoms with E-state index in [1.807, 2.05) is 18.2 Å². The summed E-state index contributed by atoms with van der Waals surface area (Å²) in [5.41, 5.74) is 2.75. The van der Waals surface area contributed by atoms with Crippen LogP contribution in [0.15, 0.2) is 66.9 Å². The van der Waals surface area contributed by atoms with E-state index in [2.05, 4.69) is 21.7 Å². The Balaban J connectivity index is 1.63. The second kappa shape index (κ2) is 7.81. The summed E-state index contributed by atoms with van der Waals surface area (Å²) >= 11 is 0. The molecule has 0 bridgehead atoms. The lowest BCUT2D eigenvalue weighted by Crippen LogP contribution is -2.12. The Kier molecular flexibility index (Phi) is 5.11. The largest absolute Gasteiger partial charge is 0.497 e. The van der Waals surface area contributed by atoms with Gasteiger partial charge in [-0.15, -0.1) is 0 Å². The number of benzene rings is 2. The summed E-state index contributed by atoms with van der Waals surface area (Å²) in [6.45, 7) is 0. The minimum Gasteiger partial charge on any atom is -0.497 e. The number of aromatic nitrogens is 1. The molecule has 2 N–H and O–H groups in total. The van der Waals surface area contributed by atoms with Gasteiger partial charge in [0, 0.05) is 11.3 Å². The molecule has 6 nitrogen and oxygen atoms in total. The molecule has 1 amide bonds. The molecular weight excluding hydrogens is 328 g/mol. The van der Waals surface area contributed by atoms with Crippen LogP contribution in [-0.4, -0.2) is 18.0 Å². The van der Waals surface area contributed by atoms with Gasteiger partial charge in [0.1, 0.15) is 11.6 Å². The van der Waals surface area contributed by atoms with Crippen LogP contribution < -0.4 is 15.4 Å². The summed E-state index contributed by atoms with van der Waals surface area (Å²) in [5, 5.41) is 14.7. The maximum Gasteiger partial charge on any atom is 0.256 e. The zero-order chi connectivity index (χ0) is 18.4. The van der Waals surface area contributed by atoms with Gasteiger partial charge in [-0.05, 0) is 60.7 Å². The van der Waals surface area contributed by atoms with E-state index in [-0.39, 0.29) is 5.91 Å². The lowest BCUT2D eigenvalue weighted by atomic mass is 10.2. The number of nitrogens with zero attached hydrogens (tertiary/aromatic N) is 2. The van der Waals surface area contributed by atoms with Crippen LogP contribution in [0.3, 0.4) is 0 Å². The van der Waals surface area contributed by atoms with Crippen molar-refractivity contribution in [2.24, 2.45) is 0 Å². The number of carbonyl (C=O) groups is 1. The molecule has 3 rings (SSSR count). The van der Waals surface area contributed by atoms with Gasteiger partial charge in [-0.2, -0.15) is 5.26 Å². The van der Waals surface area contributed by atoms with E-state index in [1.54, 1.807) is 55.8 Å². The van der Waals surface area contributed by atoms with Crippen LogP contribution in [0.4, 0.5) is 17.2 Å². The van der Waals surface area contributed by atoms with Crippen molar-refractivity contribution in [2.45, 2.75) is 0 Å². The zero-order valence-electron chi connectivity index (χ0n) is 14.1. The topological polar surface area (TPSA) is 87.0 Å². The maximum absolute atomic E-state index is 12.2. The zero-order valence-corrected chi connectivity index (χ0v) is 14.1. The minimum absolute atomic E-state index is 0.243. The van der Waals surface area contributed by atoms with Crippen LogP contribution in [0.1, 0.15) is 15.9 Å². The number of methoxy groups -OCH3 is 1. The van der Waals surface area contributed by atoms with Crippen molar-refractivity contribution in [3.05, 3.63) is 78.0 Å². The Hall–Kier alpha value is -3.85. The first-order chi connectivity index (χ1) is 12.7. The Morgan fingerprint density at radius 2 is 1.69 bits per heavy atom. The van der Waals surface area contributed by atoms with E-state index in [9.17, 15) is 4.79 Å². The van der Waals surface area contributed by atoms with Crippen LogP contribution in [0.2, 0.25) is 0 Å². The predicted molar refractivity (Wildman–Crippen MR) is 99.6 cm³/mol. The van der Waals surface area contributed by atoms with Gasteiger partial charge in [0.25, 0.3) is 5.91 Å². The molecule has 0 aliphatic heterocycles. The van der Waals surface area contributed by atoms with Gasteiger partial charge in [0.2, 0.25) is 0 Å². The van der Waals surface area contributed by atoms with Crippen LogP contribution in [0.25, 0.3) is 0 Å². The highest BCUT2D eigenvalue weighted by atomic mass is 16.5. The number of amides is 1. The molecule has 0 aliphatic carbocycles. The molecule has 0 aliphatic rings. The molecule has 0 unspecified atom stereocenters. The first-order valence-electron chi connectivity index (χ1n) is 7.86. The van der Waals surface area contributed by atoms with E-state index in [1.165, 1.54) is 0 Å². The number of hydrogen-bond donors (Lipinski definition) is 2. The van der Waals surface area contributed by atoms with E-state index < -0.39 is 0 Å². The summed E-state index contributed by atoms with van der Waals surface area (Å²) in [6.07, 6.45) is 1.63. The Morgan fingerprint density at radius 3 is 2.27 bits per heavy atom. The molecular formula is C20H16N4O2. The van der Waals surface area contributed by atoms with Gasteiger partial charge < -0.3 is 15.4 Å². The molecule has 6 heteroatoms. The molecule has 0 radical (unpaired) electrons. The third kappa shape index (κ3) is 4.16. The number of nitriles is 1. The lowest BCUT2D eigenvalue weighted by Gasteiger charge is -2.08. The fourth-order valence-electron chi connectivity index (χ4n) is 2.27. The Morgan fingerprint density at radius 1 is 1.00 bits per heavy atom. The molecule has 2 aromatic carbocycles. The second-order valence-electron chi connectivity index (χ2n) is 5.43. The summed E-state index contributed by atoms with van der Waals surface area (Å²) < 4.78 is 5.08. The van der Waals surface area contributed by atoms with Crippen molar-refractivity contribution < 1.29 is 9.53 Å². The van der Waals surface area contributed by atoms with Crippen molar-refractivity contribution in [3.63, 3.8) is 0 Å². The predicted octanol–water partition coefficient (Wildman–Crippen LogP) is 3.96. The van der Waals surface area contributed by atoms with Crippen molar-refractivity contribution in [1.82, 2.24) is 4.98 Å². The summed E-state index contributed by atoms with van der Waals surface area (Å²) in [4.78, 5) is 16.5. The van der Waals surface area contributed by atoms with Gasteiger partial charge in [-0.3, -0.25) is 4.79 Å². The van der Waals surface area contributed by atoms with Crippen LogP contribution in [0.5, 0.6) is 5.75 Å². The Bertz CT molecular complexity index is 928. The maximum atomic E-state index is 12.2. The van der Waals surface area contributed by atoms with Gasteiger partial charge in [-0.25, -0.2) is 4.98 Å². The van der Waals surface area contributed by atoms with Crippen molar-refractivity contribution >= 4 is 23.1 Å². The second-order valence-corrected chi connectivity index (χ2v) is 5.43. The fraction of sp³-hybridized carbons (Fsp3) is 0.0500. The van der Waals surface area contributed by atoms with E-state index >= 15 is 0 Å². The van der Waals surface area contributed by atoms with Crippen LogP contribution in [0, 0.1) is 11.3 Å². The third-order valence-electron chi connectivity index (χ3n) is 3.66. The quantitative estimate of drug-likeness (QED) is 0.731. The van der Waals surface area contributed by atoms with Gasteiger partial charge >= 0.3 is 0 Å². The molecule has 0 fully saturated rings. The van der Waals surface area contributed by atoms with Gasteiger partial charge in [0.15, 0.2) is 0 Å². The van der Waals surface area contributed by atoms with E-state index in [0.717, 1.165) is 11.4 Å². The minimum atomic E-state index is -0.243. The van der Waals surface area contributed by atoms with Crippen molar-refractivity contribution in [3.8, 4) is 11.8 Å². The Labute approximate surface area is 151 Å². The highest BCUT2D eigenvalue weighted by Crippen LogP contribution is 2.18. The summed E-state index contributed by atoms with van der Waals surface area (Å²) in [5.74, 6) is 0.905. The van der Waals surface area contributed by atoms with Crippen molar-refractivity contribution in [1.29, 1.82) is 5.26 Å². The monoisotopic (exact) mass is 344 g/mol. The first kappa shape index (κ1) is 17.0. The van der Waals surface area contributed by atoms with E-state index in [4.69, 9.17) is 10.00 Å². The number of anilines is 3. The fourth-order valence-corrected chi connectivity index (χ4v) is 2.27. The van der Waals surface area contributed by atoms with E-state index in [0.29, 0.717) is 22.7 Å². The molecule has 0 saturated heterocycles. The molecule has 0 atom stereocenters. The number of ether oxygens (including phenoxy) is 1. The number of rotatable bonds is 5. The summed E-state index contributed by atoms with van der Waals surface area (Å²) in [7, 11) is 1.58. The molecule has 1 aromatic heterocycles. The van der Waals surface area contributed by atoms with Crippen LogP contribution in [-0.2, 0) is 0 Å². The van der Waals surface area contributed by atoms with Crippen LogP contribution >= 0.6 is 0 Å². The highest BCUT2D eigenvalue weighted by Gasteiger charge is 2.07. The normalized spacial score (nSPS) is 9.85. The number of carbonyl (C=O) groups excluding carboxylic acids is 1. The van der Waals surface area contributed by atoms with Gasteiger partial charge in [0.05, 0.1) is 30.6 Å². The summed E-state index contributed by atoms with van der Waals surface area (Å²) in [6, 6.07) is 19.5. The standard InChI is InChI=1S/C20H16N4O2/c1-26-18-9-4-15(5-10-18)20(25)24-19-11-8-17(13-22-19)23-16-6-2-14(12-21)3-7-16/h2-11,13,23H,1H3,(H,22,24,25). The smallest absolute Gasteiger partial charge is 0.256 e.